The van der Waals surface area contributed by atoms with Crippen molar-refractivity contribution >= 4 is 10.2 Å². The van der Waals surface area contributed by atoms with Gasteiger partial charge in [0.25, 0.3) is 10.2 Å². The van der Waals surface area contributed by atoms with Gasteiger partial charge in [0.05, 0.1) is 0 Å². The molecule has 0 aromatic heterocycles. The van der Waals surface area contributed by atoms with E-state index < -0.39 is 10.2 Å². The van der Waals surface area contributed by atoms with Crippen molar-refractivity contribution in [3.8, 4) is 0 Å². The second-order valence-corrected chi connectivity index (χ2v) is 8.25. The lowest BCUT2D eigenvalue weighted by Crippen LogP contribution is -2.40. The van der Waals surface area contributed by atoms with Gasteiger partial charge in [-0.1, -0.05) is 45.0 Å². The zero-order valence-electron chi connectivity index (χ0n) is 13.7. The number of aryl methyl sites for hydroxylation is 1. The lowest BCUT2D eigenvalue weighted by atomic mass is 9.86. The third-order valence-corrected chi connectivity index (χ3v) is 4.51. The number of rotatable bonds is 7. The Labute approximate surface area is 129 Å². The van der Waals surface area contributed by atoms with Crippen molar-refractivity contribution in [2.75, 3.05) is 6.54 Å². The average molecular weight is 312 g/mol. The molecule has 0 amide bonds. The van der Waals surface area contributed by atoms with Crippen molar-refractivity contribution in [2.24, 2.45) is 0 Å². The van der Waals surface area contributed by atoms with Gasteiger partial charge in [-0.05, 0) is 43.2 Å². The molecule has 0 atom stereocenters. The van der Waals surface area contributed by atoms with Crippen molar-refractivity contribution in [1.82, 2.24) is 9.44 Å². The first-order chi connectivity index (χ1) is 9.60. The fourth-order valence-corrected chi connectivity index (χ4v) is 3.14. The maximum Gasteiger partial charge on any atom is 0.277 e. The fourth-order valence-electron chi connectivity index (χ4n) is 2.02. The monoisotopic (exact) mass is 312 g/mol. The summed E-state index contributed by atoms with van der Waals surface area (Å²) in [7, 11) is -3.36. The molecule has 21 heavy (non-hydrogen) atoms. The minimum Gasteiger partial charge on any atom is -0.202 e. The molecule has 0 saturated carbocycles. The molecule has 2 N–H and O–H groups in total. The van der Waals surface area contributed by atoms with E-state index in [1.54, 1.807) is 13.8 Å². The highest BCUT2D eigenvalue weighted by Gasteiger charge is 2.13. The number of benzene rings is 1. The summed E-state index contributed by atoms with van der Waals surface area (Å²) in [6.45, 7) is 10.6. The smallest absolute Gasteiger partial charge is 0.202 e. The first kappa shape index (κ1) is 18.1. The molecule has 0 bridgehead atoms. The lowest BCUT2D eigenvalue weighted by molar-refractivity contribution is 0.553. The van der Waals surface area contributed by atoms with Crippen molar-refractivity contribution in [3.05, 3.63) is 35.4 Å². The quantitative estimate of drug-likeness (QED) is 0.761. The Morgan fingerprint density at radius 2 is 1.67 bits per heavy atom. The topological polar surface area (TPSA) is 58.2 Å². The Morgan fingerprint density at radius 3 is 2.14 bits per heavy atom. The third-order valence-electron chi connectivity index (χ3n) is 3.15. The Hall–Kier alpha value is -0.910. The highest BCUT2D eigenvalue weighted by molar-refractivity contribution is 7.87. The molecule has 0 fully saturated rings. The van der Waals surface area contributed by atoms with Crippen LogP contribution >= 0.6 is 0 Å². The molecule has 4 nitrogen and oxygen atoms in total. The summed E-state index contributed by atoms with van der Waals surface area (Å²) in [6, 6.07) is 8.47. The van der Waals surface area contributed by atoms with E-state index in [1.165, 1.54) is 11.1 Å². The van der Waals surface area contributed by atoms with Gasteiger partial charge in [-0.3, -0.25) is 0 Å². The normalized spacial score (nSPS) is 12.9. The van der Waals surface area contributed by atoms with Crippen molar-refractivity contribution in [2.45, 2.75) is 58.9 Å². The van der Waals surface area contributed by atoms with Gasteiger partial charge in [-0.15, -0.1) is 0 Å². The minimum atomic E-state index is -3.36. The minimum absolute atomic E-state index is 0.0903. The summed E-state index contributed by atoms with van der Waals surface area (Å²) in [6.07, 6.45) is 1.66. The van der Waals surface area contributed by atoms with Gasteiger partial charge in [0, 0.05) is 12.6 Å². The van der Waals surface area contributed by atoms with Crippen LogP contribution < -0.4 is 9.44 Å². The van der Waals surface area contributed by atoms with E-state index in [-0.39, 0.29) is 11.5 Å². The van der Waals surface area contributed by atoms with E-state index in [0.29, 0.717) is 6.54 Å². The summed E-state index contributed by atoms with van der Waals surface area (Å²) in [5.41, 5.74) is 2.71. The Bertz CT molecular complexity index is 528. The molecule has 0 aliphatic heterocycles. The van der Waals surface area contributed by atoms with Gasteiger partial charge in [-0.25, -0.2) is 4.72 Å². The maximum atomic E-state index is 11.6. The molecule has 1 rings (SSSR count). The molecule has 1 aromatic rings. The molecule has 0 radical (unpaired) electrons. The van der Waals surface area contributed by atoms with Gasteiger partial charge < -0.3 is 0 Å². The summed E-state index contributed by atoms with van der Waals surface area (Å²) in [5, 5.41) is 0. The molecule has 0 aliphatic rings. The largest absolute Gasteiger partial charge is 0.277 e. The third kappa shape index (κ3) is 7.07. The van der Waals surface area contributed by atoms with E-state index in [0.717, 1.165) is 12.8 Å². The highest BCUT2D eigenvalue weighted by Crippen LogP contribution is 2.22. The number of hydrogen-bond acceptors (Lipinski definition) is 2. The van der Waals surface area contributed by atoms with Crippen LogP contribution in [0.2, 0.25) is 0 Å². The zero-order chi connectivity index (χ0) is 16.1. The first-order valence-corrected chi connectivity index (χ1v) is 8.95. The Morgan fingerprint density at radius 1 is 1.10 bits per heavy atom. The molecule has 0 saturated heterocycles. The van der Waals surface area contributed by atoms with Gasteiger partial charge in [0.1, 0.15) is 0 Å². The first-order valence-electron chi connectivity index (χ1n) is 7.46. The Kier molecular flexibility index (Phi) is 6.38. The van der Waals surface area contributed by atoms with Crippen LogP contribution in [0.1, 0.15) is 52.2 Å². The summed E-state index contributed by atoms with van der Waals surface area (Å²) >= 11 is 0. The van der Waals surface area contributed by atoms with E-state index in [1.807, 2.05) is 0 Å². The molecular weight excluding hydrogens is 284 g/mol. The van der Waals surface area contributed by atoms with Crippen LogP contribution in [0.25, 0.3) is 0 Å². The van der Waals surface area contributed by atoms with Gasteiger partial charge in [0.15, 0.2) is 0 Å². The predicted octanol–water partition coefficient (Wildman–Crippen LogP) is 2.75. The molecule has 0 spiro atoms. The van der Waals surface area contributed by atoms with Crippen LogP contribution in [0.5, 0.6) is 0 Å². The second-order valence-electron chi connectivity index (χ2n) is 6.72. The standard InChI is InChI=1S/C16H28N2O2S/c1-13(2)18-21(19,20)17-12-6-7-14-8-10-15(11-9-14)16(3,4)5/h8-11,13,17-18H,6-7,12H2,1-5H3. The number of nitrogens with one attached hydrogen (secondary N) is 2. The molecule has 120 valence electrons. The van der Waals surface area contributed by atoms with E-state index in [9.17, 15) is 8.42 Å². The van der Waals surface area contributed by atoms with Crippen LogP contribution in [0.3, 0.4) is 0 Å². The maximum absolute atomic E-state index is 11.6. The Balaban J connectivity index is 2.40. The highest BCUT2D eigenvalue weighted by atomic mass is 32.2. The van der Waals surface area contributed by atoms with Crippen molar-refractivity contribution < 1.29 is 8.42 Å². The average Bonchev–Trinajstić information content (AvgIpc) is 2.32. The van der Waals surface area contributed by atoms with Gasteiger partial charge in [0.2, 0.25) is 0 Å². The summed E-state index contributed by atoms with van der Waals surface area (Å²) in [5.74, 6) is 0. The van der Waals surface area contributed by atoms with Crippen molar-refractivity contribution in [3.63, 3.8) is 0 Å². The van der Waals surface area contributed by atoms with Crippen LogP contribution in [-0.2, 0) is 22.0 Å². The van der Waals surface area contributed by atoms with E-state index >= 15 is 0 Å². The van der Waals surface area contributed by atoms with Gasteiger partial charge in [-0.2, -0.15) is 13.1 Å². The molecule has 5 heteroatoms. The molecule has 0 heterocycles. The second kappa shape index (κ2) is 7.38. The van der Waals surface area contributed by atoms with Crippen LogP contribution in [-0.4, -0.2) is 21.0 Å². The molecule has 0 aliphatic carbocycles. The molecule has 1 aromatic carbocycles. The summed E-state index contributed by atoms with van der Waals surface area (Å²) < 4.78 is 28.2. The number of hydrogen-bond donors (Lipinski definition) is 2. The van der Waals surface area contributed by atoms with Crippen LogP contribution in [0, 0.1) is 0 Å². The summed E-state index contributed by atoms with van der Waals surface area (Å²) in [4.78, 5) is 0. The SMILES string of the molecule is CC(C)NS(=O)(=O)NCCCc1ccc(C(C)(C)C)cc1. The zero-order valence-corrected chi connectivity index (χ0v) is 14.5. The van der Waals surface area contributed by atoms with Crippen molar-refractivity contribution in [1.29, 1.82) is 0 Å². The predicted molar refractivity (Wildman–Crippen MR) is 88.7 cm³/mol. The lowest BCUT2D eigenvalue weighted by Gasteiger charge is -2.19. The molecular formula is C16H28N2O2S. The van der Waals surface area contributed by atoms with Crippen LogP contribution in [0.4, 0.5) is 0 Å². The molecule has 0 unspecified atom stereocenters. The fraction of sp³-hybridized carbons (Fsp3) is 0.625. The van der Waals surface area contributed by atoms with E-state index in [4.69, 9.17) is 0 Å². The van der Waals surface area contributed by atoms with Crippen LogP contribution in [0.15, 0.2) is 24.3 Å². The van der Waals surface area contributed by atoms with Gasteiger partial charge >= 0.3 is 0 Å². The van der Waals surface area contributed by atoms with E-state index in [2.05, 4.69) is 54.5 Å².